The number of alkyl halides is 3. The summed E-state index contributed by atoms with van der Waals surface area (Å²) in [5.74, 6) is 0.852. The molecule has 2 N–H and O–H groups in total. The van der Waals surface area contributed by atoms with Gasteiger partial charge in [-0.1, -0.05) is 23.9 Å². The Morgan fingerprint density at radius 3 is 2.64 bits per heavy atom. The van der Waals surface area contributed by atoms with Gasteiger partial charge in [0.15, 0.2) is 10.9 Å². The molecule has 2 heterocycles. The lowest BCUT2D eigenvalue weighted by Gasteiger charge is -2.06. The third-order valence-electron chi connectivity index (χ3n) is 2.79. The van der Waals surface area contributed by atoms with E-state index in [-0.39, 0.29) is 10.9 Å². The van der Waals surface area contributed by atoms with Crippen molar-refractivity contribution in [3.63, 3.8) is 0 Å². The molecule has 0 spiro atoms. The molecule has 2 aromatic heterocycles. The Bertz CT molecular complexity index is 838. The quantitative estimate of drug-likeness (QED) is 0.573. The molecular formula is C13H9F3N4OS. The van der Waals surface area contributed by atoms with Crippen molar-refractivity contribution in [3.05, 3.63) is 52.2 Å². The van der Waals surface area contributed by atoms with Crippen LogP contribution in [0.1, 0.15) is 11.5 Å². The molecule has 9 heteroatoms. The van der Waals surface area contributed by atoms with E-state index in [9.17, 15) is 18.0 Å². The molecule has 1 aromatic carbocycles. The maximum atomic E-state index is 12.6. The first kappa shape index (κ1) is 14.6. The van der Waals surface area contributed by atoms with E-state index in [0.717, 1.165) is 22.8 Å². The molecule has 0 fully saturated rings. The second kappa shape index (κ2) is 5.48. The third-order valence-corrected chi connectivity index (χ3v) is 3.68. The Kier molecular flexibility index (Phi) is 3.65. The summed E-state index contributed by atoms with van der Waals surface area (Å²) in [4.78, 5) is 24.3. The smallest absolute Gasteiger partial charge is 0.341 e. The van der Waals surface area contributed by atoms with Gasteiger partial charge >= 0.3 is 6.18 Å². The molecule has 22 heavy (non-hydrogen) atoms. The van der Waals surface area contributed by atoms with Crippen molar-refractivity contribution in [2.24, 2.45) is 0 Å². The molecule has 0 aliphatic carbocycles. The molecule has 0 atom stereocenters. The van der Waals surface area contributed by atoms with Gasteiger partial charge < -0.3 is 9.97 Å². The van der Waals surface area contributed by atoms with Crippen LogP contribution in [0.5, 0.6) is 0 Å². The summed E-state index contributed by atoms with van der Waals surface area (Å²) >= 11 is 0.973. The Hall–Kier alpha value is -2.29. The van der Waals surface area contributed by atoms with Crippen LogP contribution in [0.4, 0.5) is 13.2 Å². The first-order valence-electron chi connectivity index (χ1n) is 6.17. The van der Waals surface area contributed by atoms with Crippen molar-refractivity contribution >= 4 is 22.8 Å². The number of para-hydroxylation sites is 2. The number of thioether (sulfide) groups is 1. The summed E-state index contributed by atoms with van der Waals surface area (Å²) in [6, 6.07) is 7.80. The van der Waals surface area contributed by atoms with E-state index in [4.69, 9.17) is 0 Å². The molecular weight excluding hydrogens is 317 g/mol. The number of H-pyrrole nitrogens is 2. The number of aromatic nitrogens is 4. The summed E-state index contributed by atoms with van der Waals surface area (Å²) < 4.78 is 37.8. The molecule has 5 nitrogen and oxygen atoms in total. The summed E-state index contributed by atoms with van der Waals surface area (Å²) in [5, 5.41) is -0.0970. The van der Waals surface area contributed by atoms with Gasteiger partial charge in [-0.3, -0.25) is 4.79 Å². The van der Waals surface area contributed by atoms with E-state index in [1.807, 2.05) is 24.3 Å². The van der Waals surface area contributed by atoms with Gasteiger partial charge in [0.25, 0.3) is 5.56 Å². The summed E-state index contributed by atoms with van der Waals surface area (Å²) in [6.45, 7) is 0. The average molecular weight is 326 g/mol. The predicted molar refractivity (Wildman–Crippen MR) is 75.5 cm³/mol. The minimum absolute atomic E-state index is 0.0970. The van der Waals surface area contributed by atoms with Crippen LogP contribution in [0.3, 0.4) is 0 Å². The van der Waals surface area contributed by atoms with Gasteiger partial charge in [0, 0.05) is 6.07 Å². The van der Waals surface area contributed by atoms with E-state index in [2.05, 4.69) is 19.9 Å². The van der Waals surface area contributed by atoms with Crippen LogP contribution in [-0.2, 0) is 11.9 Å². The van der Waals surface area contributed by atoms with Crippen molar-refractivity contribution in [2.45, 2.75) is 17.1 Å². The molecule has 0 saturated heterocycles. The second-order valence-corrected chi connectivity index (χ2v) is 5.39. The number of fused-ring (bicyclic) bond motifs is 1. The minimum Gasteiger partial charge on any atom is -0.341 e. The van der Waals surface area contributed by atoms with Gasteiger partial charge in [0.1, 0.15) is 5.82 Å². The number of aromatic amines is 2. The first-order valence-corrected chi connectivity index (χ1v) is 7.15. The number of hydrogen-bond donors (Lipinski definition) is 2. The van der Waals surface area contributed by atoms with Crippen LogP contribution in [0, 0.1) is 0 Å². The van der Waals surface area contributed by atoms with E-state index in [1.54, 1.807) is 0 Å². The highest BCUT2D eigenvalue weighted by Gasteiger charge is 2.33. The molecule has 0 radical (unpaired) electrons. The van der Waals surface area contributed by atoms with Crippen LogP contribution >= 0.6 is 11.8 Å². The zero-order valence-electron chi connectivity index (χ0n) is 10.9. The average Bonchev–Trinajstić information content (AvgIpc) is 2.86. The van der Waals surface area contributed by atoms with Crippen molar-refractivity contribution in [3.8, 4) is 0 Å². The normalized spacial score (nSPS) is 12.0. The zero-order chi connectivity index (χ0) is 15.7. The van der Waals surface area contributed by atoms with Gasteiger partial charge in [0.05, 0.1) is 16.8 Å². The number of imidazole rings is 1. The summed E-state index contributed by atoms with van der Waals surface area (Å²) in [7, 11) is 0. The van der Waals surface area contributed by atoms with E-state index >= 15 is 0 Å². The van der Waals surface area contributed by atoms with E-state index in [0.29, 0.717) is 11.9 Å². The van der Waals surface area contributed by atoms with Crippen molar-refractivity contribution in [1.82, 2.24) is 19.9 Å². The number of nitrogens with zero attached hydrogens (tertiary/aromatic N) is 2. The molecule has 3 rings (SSSR count). The van der Waals surface area contributed by atoms with Gasteiger partial charge in [-0.25, -0.2) is 9.97 Å². The molecule has 3 aromatic rings. The van der Waals surface area contributed by atoms with Gasteiger partial charge in [-0.2, -0.15) is 13.2 Å². The molecule has 0 aliphatic heterocycles. The molecule has 0 unspecified atom stereocenters. The lowest BCUT2D eigenvalue weighted by Crippen LogP contribution is -2.16. The lowest BCUT2D eigenvalue weighted by atomic mass is 10.3. The fourth-order valence-corrected chi connectivity index (χ4v) is 2.61. The summed E-state index contributed by atoms with van der Waals surface area (Å²) in [6.07, 6.45) is -4.65. The Morgan fingerprint density at radius 1 is 1.14 bits per heavy atom. The highest BCUT2D eigenvalue weighted by atomic mass is 32.2. The summed E-state index contributed by atoms with van der Waals surface area (Å²) in [5.41, 5.74) is -0.440. The number of benzene rings is 1. The number of rotatable bonds is 3. The largest absolute Gasteiger partial charge is 0.433 e. The fourth-order valence-electron chi connectivity index (χ4n) is 1.86. The monoisotopic (exact) mass is 326 g/mol. The molecule has 0 amide bonds. The maximum absolute atomic E-state index is 12.6. The Labute approximate surface area is 126 Å². The fraction of sp³-hybridized carbons (Fsp3) is 0.154. The molecule has 0 saturated carbocycles. The molecule has 0 aliphatic rings. The van der Waals surface area contributed by atoms with E-state index < -0.39 is 17.4 Å². The molecule has 0 bridgehead atoms. The van der Waals surface area contributed by atoms with Crippen LogP contribution in [0.2, 0.25) is 0 Å². The third kappa shape index (κ3) is 3.14. The SMILES string of the molecule is O=c1cc(C(F)(F)F)nc(SCc2nc3ccccc3[nH]2)[nH]1. The van der Waals surface area contributed by atoms with Crippen LogP contribution in [0.25, 0.3) is 11.0 Å². The van der Waals surface area contributed by atoms with Crippen LogP contribution < -0.4 is 5.56 Å². The van der Waals surface area contributed by atoms with Gasteiger partial charge in [-0.05, 0) is 12.1 Å². The molecule has 114 valence electrons. The standard InChI is InChI=1S/C13H9F3N4OS/c14-13(15,16)9-5-11(21)20-12(19-9)22-6-10-17-7-3-1-2-4-8(7)18-10/h1-5H,6H2,(H,17,18)(H,19,20,21). The number of hydrogen-bond acceptors (Lipinski definition) is 4. The lowest BCUT2D eigenvalue weighted by molar-refractivity contribution is -0.141. The highest BCUT2D eigenvalue weighted by Crippen LogP contribution is 2.28. The Balaban J connectivity index is 1.81. The Morgan fingerprint density at radius 2 is 1.91 bits per heavy atom. The maximum Gasteiger partial charge on any atom is 0.433 e. The first-order chi connectivity index (χ1) is 10.4. The van der Waals surface area contributed by atoms with Crippen LogP contribution in [0.15, 0.2) is 40.3 Å². The van der Waals surface area contributed by atoms with Gasteiger partial charge in [0.2, 0.25) is 0 Å². The number of halogens is 3. The topological polar surface area (TPSA) is 74.4 Å². The van der Waals surface area contributed by atoms with Crippen molar-refractivity contribution in [2.75, 3.05) is 0 Å². The van der Waals surface area contributed by atoms with E-state index in [1.165, 1.54) is 0 Å². The predicted octanol–water partition coefficient (Wildman–Crippen LogP) is 2.96. The highest BCUT2D eigenvalue weighted by molar-refractivity contribution is 7.98. The minimum atomic E-state index is -4.65. The second-order valence-electron chi connectivity index (χ2n) is 4.42. The van der Waals surface area contributed by atoms with Crippen molar-refractivity contribution < 1.29 is 13.2 Å². The van der Waals surface area contributed by atoms with Crippen molar-refractivity contribution in [1.29, 1.82) is 0 Å². The van der Waals surface area contributed by atoms with Gasteiger partial charge in [-0.15, -0.1) is 0 Å². The van der Waals surface area contributed by atoms with Crippen LogP contribution in [-0.4, -0.2) is 19.9 Å². The number of nitrogens with one attached hydrogen (secondary N) is 2. The zero-order valence-corrected chi connectivity index (χ0v) is 11.8.